The van der Waals surface area contributed by atoms with Gasteiger partial charge >= 0.3 is 0 Å². The summed E-state index contributed by atoms with van der Waals surface area (Å²) in [4.78, 5) is 16.9. The van der Waals surface area contributed by atoms with Gasteiger partial charge in [-0.1, -0.05) is 48.0 Å². The SMILES string of the molecule is Cc1ccc(-c2nc(CC(=O)NCCCS(=O)(=O)c3ccccc3)cs2)cc1. The monoisotopic (exact) mass is 414 g/mol. The van der Waals surface area contributed by atoms with Crippen LogP contribution in [0.1, 0.15) is 17.7 Å². The minimum atomic E-state index is -3.31. The zero-order chi connectivity index (χ0) is 20.0. The second-order valence-electron chi connectivity index (χ2n) is 6.52. The van der Waals surface area contributed by atoms with Gasteiger partial charge in [0, 0.05) is 17.5 Å². The molecule has 3 aromatic rings. The molecule has 2 aromatic carbocycles. The average molecular weight is 415 g/mol. The predicted molar refractivity (Wildman–Crippen MR) is 112 cm³/mol. The molecule has 0 atom stereocenters. The summed E-state index contributed by atoms with van der Waals surface area (Å²) >= 11 is 1.51. The van der Waals surface area contributed by atoms with Crippen LogP contribution in [0.5, 0.6) is 0 Å². The standard InChI is InChI=1S/C21H22N2O3S2/c1-16-8-10-17(11-9-16)21-23-18(15-27-21)14-20(24)22-12-5-13-28(25,26)19-6-3-2-4-7-19/h2-4,6-11,15H,5,12-14H2,1H3,(H,22,24). The Morgan fingerprint density at radius 2 is 1.79 bits per heavy atom. The maximum absolute atomic E-state index is 12.2. The summed E-state index contributed by atoms with van der Waals surface area (Å²) in [6.45, 7) is 2.35. The summed E-state index contributed by atoms with van der Waals surface area (Å²) in [5, 5.41) is 5.54. The molecule has 5 nitrogen and oxygen atoms in total. The smallest absolute Gasteiger partial charge is 0.226 e. The Morgan fingerprint density at radius 3 is 2.50 bits per heavy atom. The van der Waals surface area contributed by atoms with Gasteiger partial charge in [-0.25, -0.2) is 13.4 Å². The van der Waals surface area contributed by atoms with E-state index in [1.807, 2.05) is 36.6 Å². The van der Waals surface area contributed by atoms with Crippen molar-refractivity contribution in [2.24, 2.45) is 0 Å². The Hall–Kier alpha value is -2.51. The Kier molecular flexibility index (Phi) is 6.59. The van der Waals surface area contributed by atoms with E-state index in [0.717, 1.165) is 16.3 Å². The highest BCUT2D eigenvalue weighted by Crippen LogP contribution is 2.24. The van der Waals surface area contributed by atoms with E-state index < -0.39 is 9.84 Å². The van der Waals surface area contributed by atoms with E-state index in [2.05, 4.69) is 10.3 Å². The van der Waals surface area contributed by atoms with Gasteiger partial charge in [0.2, 0.25) is 5.91 Å². The van der Waals surface area contributed by atoms with Gasteiger partial charge in [0.05, 0.1) is 22.8 Å². The van der Waals surface area contributed by atoms with E-state index in [9.17, 15) is 13.2 Å². The van der Waals surface area contributed by atoms with Gasteiger partial charge in [-0.05, 0) is 25.5 Å². The van der Waals surface area contributed by atoms with Crippen LogP contribution in [-0.4, -0.2) is 31.6 Å². The van der Waals surface area contributed by atoms with Crippen molar-refractivity contribution in [1.29, 1.82) is 0 Å². The maximum Gasteiger partial charge on any atom is 0.226 e. The number of benzene rings is 2. The molecule has 7 heteroatoms. The molecule has 0 radical (unpaired) electrons. The number of rotatable bonds is 8. The van der Waals surface area contributed by atoms with Crippen LogP contribution in [0.4, 0.5) is 0 Å². The largest absolute Gasteiger partial charge is 0.356 e. The lowest BCUT2D eigenvalue weighted by molar-refractivity contribution is -0.120. The first-order chi connectivity index (χ1) is 13.4. The number of aryl methyl sites for hydroxylation is 1. The lowest BCUT2D eigenvalue weighted by atomic mass is 10.2. The summed E-state index contributed by atoms with van der Waals surface area (Å²) < 4.78 is 24.4. The minimum absolute atomic E-state index is 0.00552. The van der Waals surface area contributed by atoms with E-state index in [0.29, 0.717) is 17.9 Å². The third-order valence-corrected chi connectivity index (χ3v) is 6.96. The van der Waals surface area contributed by atoms with Crippen LogP contribution < -0.4 is 5.32 Å². The highest BCUT2D eigenvalue weighted by Gasteiger charge is 2.14. The molecule has 3 rings (SSSR count). The quantitative estimate of drug-likeness (QED) is 0.571. The number of hydrogen-bond donors (Lipinski definition) is 1. The van der Waals surface area contributed by atoms with Gasteiger partial charge < -0.3 is 5.32 Å². The Bertz CT molecular complexity index is 1030. The molecule has 1 heterocycles. The molecule has 0 saturated carbocycles. The molecule has 0 aliphatic heterocycles. The number of carbonyl (C=O) groups excluding carboxylic acids is 1. The van der Waals surface area contributed by atoms with Gasteiger partial charge in [-0.2, -0.15) is 0 Å². The van der Waals surface area contributed by atoms with Crippen molar-refractivity contribution in [1.82, 2.24) is 10.3 Å². The molecule has 1 amide bonds. The number of nitrogens with one attached hydrogen (secondary N) is 1. The summed E-state index contributed by atoms with van der Waals surface area (Å²) in [6.07, 6.45) is 0.558. The van der Waals surface area contributed by atoms with Gasteiger partial charge in [0.15, 0.2) is 9.84 Å². The Balaban J connectivity index is 1.45. The summed E-state index contributed by atoms with van der Waals surface area (Å²) in [6, 6.07) is 16.5. The maximum atomic E-state index is 12.2. The number of amides is 1. The third kappa shape index (κ3) is 5.50. The topological polar surface area (TPSA) is 76.1 Å². The van der Waals surface area contributed by atoms with E-state index in [1.165, 1.54) is 16.9 Å². The highest BCUT2D eigenvalue weighted by atomic mass is 32.2. The lowest BCUT2D eigenvalue weighted by Gasteiger charge is -2.06. The lowest BCUT2D eigenvalue weighted by Crippen LogP contribution is -2.27. The van der Waals surface area contributed by atoms with Crippen molar-refractivity contribution in [3.8, 4) is 10.6 Å². The normalized spacial score (nSPS) is 11.3. The van der Waals surface area contributed by atoms with Gasteiger partial charge in [-0.3, -0.25) is 4.79 Å². The van der Waals surface area contributed by atoms with Crippen LogP contribution in [0.3, 0.4) is 0 Å². The number of carbonyl (C=O) groups is 1. The van der Waals surface area contributed by atoms with E-state index in [1.54, 1.807) is 30.3 Å². The molecule has 0 bridgehead atoms. The molecule has 0 aliphatic rings. The van der Waals surface area contributed by atoms with Crippen molar-refractivity contribution in [3.05, 3.63) is 71.2 Å². The molecule has 1 aromatic heterocycles. The first-order valence-corrected chi connectivity index (χ1v) is 11.5. The number of hydrogen-bond acceptors (Lipinski definition) is 5. The summed E-state index contributed by atoms with van der Waals surface area (Å²) in [5.74, 6) is -0.149. The minimum Gasteiger partial charge on any atom is -0.356 e. The molecular weight excluding hydrogens is 392 g/mol. The summed E-state index contributed by atoms with van der Waals surface area (Å²) in [5.41, 5.74) is 2.94. The van der Waals surface area contributed by atoms with Crippen molar-refractivity contribution >= 4 is 27.1 Å². The fourth-order valence-electron chi connectivity index (χ4n) is 2.68. The number of sulfone groups is 1. The average Bonchev–Trinajstić information content (AvgIpc) is 3.15. The second-order valence-corrected chi connectivity index (χ2v) is 9.49. The van der Waals surface area contributed by atoms with Crippen LogP contribution in [0.2, 0.25) is 0 Å². The van der Waals surface area contributed by atoms with Crippen LogP contribution in [0, 0.1) is 6.92 Å². The first-order valence-electron chi connectivity index (χ1n) is 9.00. The van der Waals surface area contributed by atoms with Crippen molar-refractivity contribution in [2.75, 3.05) is 12.3 Å². The van der Waals surface area contributed by atoms with Gasteiger partial charge in [0.25, 0.3) is 0 Å². The molecule has 146 valence electrons. The molecule has 0 saturated heterocycles. The van der Waals surface area contributed by atoms with E-state index in [4.69, 9.17) is 0 Å². The summed E-state index contributed by atoms with van der Waals surface area (Å²) in [7, 11) is -3.31. The van der Waals surface area contributed by atoms with Gasteiger partial charge in [-0.15, -0.1) is 11.3 Å². The van der Waals surface area contributed by atoms with E-state index in [-0.39, 0.29) is 18.1 Å². The third-order valence-electron chi connectivity index (χ3n) is 4.21. The highest BCUT2D eigenvalue weighted by molar-refractivity contribution is 7.91. The molecular formula is C21H22N2O3S2. The molecule has 1 N–H and O–H groups in total. The second kappa shape index (κ2) is 9.12. The van der Waals surface area contributed by atoms with Crippen molar-refractivity contribution < 1.29 is 13.2 Å². The zero-order valence-corrected chi connectivity index (χ0v) is 17.2. The predicted octanol–water partition coefficient (Wildman–Crippen LogP) is 3.64. The zero-order valence-electron chi connectivity index (χ0n) is 15.6. The van der Waals surface area contributed by atoms with E-state index >= 15 is 0 Å². The fraction of sp³-hybridized carbons (Fsp3) is 0.238. The number of thiazole rings is 1. The van der Waals surface area contributed by atoms with Crippen LogP contribution >= 0.6 is 11.3 Å². The van der Waals surface area contributed by atoms with Crippen LogP contribution in [0.15, 0.2) is 64.9 Å². The fourth-order valence-corrected chi connectivity index (χ4v) is 4.84. The Morgan fingerprint density at radius 1 is 1.07 bits per heavy atom. The molecule has 28 heavy (non-hydrogen) atoms. The molecule has 0 fully saturated rings. The first kappa shape index (κ1) is 20.2. The van der Waals surface area contributed by atoms with Gasteiger partial charge in [0.1, 0.15) is 5.01 Å². The van der Waals surface area contributed by atoms with Crippen LogP contribution in [-0.2, 0) is 21.1 Å². The molecule has 0 unspecified atom stereocenters. The van der Waals surface area contributed by atoms with Crippen LogP contribution in [0.25, 0.3) is 10.6 Å². The molecule has 0 aliphatic carbocycles. The number of nitrogens with zero attached hydrogens (tertiary/aromatic N) is 1. The molecule has 0 spiro atoms. The number of aromatic nitrogens is 1. The Labute approximate surface area is 169 Å². The van der Waals surface area contributed by atoms with Crippen molar-refractivity contribution in [3.63, 3.8) is 0 Å². The van der Waals surface area contributed by atoms with Crippen molar-refractivity contribution in [2.45, 2.75) is 24.7 Å².